The van der Waals surface area contributed by atoms with E-state index in [1.807, 2.05) is 0 Å². The SMILES string of the molecule is NCCCCc1ncc(-c2ccc(F)c(Cl)c2)[nH]1. The maximum Gasteiger partial charge on any atom is 0.141 e. The third-order valence-corrected chi connectivity index (χ3v) is 3.02. The van der Waals surface area contributed by atoms with Crippen LogP contribution in [0.5, 0.6) is 0 Å². The van der Waals surface area contributed by atoms with Crippen LogP contribution in [0.15, 0.2) is 24.4 Å². The standard InChI is InChI=1S/C13H15ClFN3/c14-10-7-9(4-5-11(10)15)12-8-17-13(18-12)3-1-2-6-16/h4-5,7-8H,1-3,6,16H2,(H,17,18). The summed E-state index contributed by atoms with van der Waals surface area (Å²) in [5, 5.41) is 0.117. The minimum absolute atomic E-state index is 0.117. The molecule has 1 aromatic heterocycles. The Bertz CT molecular complexity index is 525. The Balaban J connectivity index is 2.11. The van der Waals surface area contributed by atoms with Gasteiger partial charge in [0.2, 0.25) is 0 Å². The van der Waals surface area contributed by atoms with Gasteiger partial charge in [-0.25, -0.2) is 9.37 Å². The second kappa shape index (κ2) is 5.98. The van der Waals surface area contributed by atoms with Gasteiger partial charge in [-0.15, -0.1) is 0 Å². The number of aromatic amines is 1. The molecule has 0 aliphatic heterocycles. The molecule has 0 saturated heterocycles. The number of aryl methyl sites for hydroxylation is 1. The molecule has 3 N–H and O–H groups in total. The number of rotatable bonds is 5. The first kappa shape index (κ1) is 13.1. The number of aromatic nitrogens is 2. The van der Waals surface area contributed by atoms with Crippen molar-refractivity contribution in [3.8, 4) is 11.3 Å². The van der Waals surface area contributed by atoms with E-state index in [-0.39, 0.29) is 5.02 Å². The van der Waals surface area contributed by atoms with Crippen LogP contribution in [-0.2, 0) is 6.42 Å². The molecule has 0 fully saturated rings. The quantitative estimate of drug-likeness (QED) is 0.818. The molecule has 0 radical (unpaired) electrons. The molecule has 1 heterocycles. The fourth-order valence-corrected chi connectivity index (χ4v) is 1.92. The van der Waals surface area contributed by atoms with Gasteiger partial charge in [0.25, 0.3) is 0 Å². The van der Waals surface area contributed by atoms with Crippen LogP contribution in [0.25, 0.3) is 11.3 Å². The Morgan fingerprint density at radius 1 is 1.33 bits per heavy atom. The molecule has 0 aliphatic carbocycles. The van der Waals surface area contributed by atoms with Gasteiger partial charge in [0, 0.05) is 12.0 Å². The number of unbranched alkanes of at least 4 members (excludes halogenated alkanes) is 1. The Kier molecular flexibility index (Phi) is 4.33. The van der Waals surface area contributed by atoms with Crippen LogP contribution in [0.1, 0.15) is 18.7 Å². The van der Waals surface area contributed by atoms with Crippen molar-refractivity contribution in [1.82, 2.24) is 9.97 Å². The molecule has 0 amide bonds. The van der Waals surface area contributed by atoms with Crippen molar-refractivity contribution >= 4 is 11.6 Å². The molecule has 1 aromatic carbocycles. The maximum atomic E-state index is 13.1. The molecule has 96 valence electrons. The van der Waals surface area contributed by atoms with Crippen molar-refractivity contribution < 1.29 is 4.39 Å². The molecule has 0 unspecified atom stereocenters. The number of nitrogens with one attached hydrogen (secondary N) is 1. The Morgan fingerprint density at radius 3 is 2.89 bits per heavy atom. The minimum Gasteiger partial charge on any atom is -0.342 e. The number of imidazole rings is 1. The van der Waals surface area contributed by atoms with E-state index < -0.39 is 5.82 Å². The summed E-state index contributed by atoms with van der Waals surface area (Å²) in [4.78, 5) is 7.49. The highest BCUT2D eigenvalue weighted by molar-refractivity contribution is 6.31. The zero-order chi connectivity index (χ0) is 13.0. The molecule has 0 bridgehead atoms. The van der Waals surface area contributed by atoms with Gasteiger partial charge in [0.05, 0.1) is 16.9 Å². The summed E-state index contributed by atoms with van der Waals surface area (Å²) in [6.45, 7) is 0.696. The van der Waals surface area contributed by atoms with Crippen molar-refractivity contribution in [2.45, 2.75) is 19.3 Å². The van der Waals surface area contributed by atoms with Gasteiger partial charge in [0.1, 0.15) is 11.6 Å². The van der Waals surface area contributed by atoms with Crippen LogP contribution in [0.2, 0.25) is 5.02 Å². The van der Waals surface area contributed by atoms with Gasteiger partial charge in [-0.3, -0.25) is 0 Å². The van der Waals surface area contributed by atoms with Gasteiger partial charge in [0.15, 0.2) is 0 Å². The third kappa shape index (κ3) is 3.09. The van der Waals surface area contributed by atoms with Gasteiger partial charge >= 0.3 is 0 Å². The smallest absolute Gasteiger partial charge is 0.141 e. The normalized spacial score (nSPS) is 10.8. The number of nitrogens with zero attached hydrogens (tertiary/aromatic N) is 1. The van der Waals surface area contributed by atoms with Crippen molar-refractivity contribution in [2.75, 3.05) is 6.54 Å². The summed E-state index contributed by atoms with van der Waals surface area (Å²) in [7, 11) is 0. The van der Waals surface area contributed by atoms with E-state index in [0.717, 1.165) is 36.3 Å². The van der Waals surface area contributed by atoms with Crippen LogP contribution < -0.4 is 5.73 Å². The molecular formula is C13H15ClFN3. The van der Waals surface area contributed by atoms with Gasteiger partial charge in [-0.05, 0) is 37.6 Å². The van der Waals surface area contributed by atoms with Crippen LogP contribution in [-0.4, -0.2) is 16.5 Å². The highest BCUT2D eigenvalue weighted by atomic mass is 35.5. The molecule has 0 saturated carbocycles. The lowest BCUT2D eigenvalue weighted by Gasteiger charge is -2.00. The predicted molar refractivity (Wildman–Crippen MR) is 71.0 cm³/mol. The second-order valence-corrected chi connectivity index (χ2v) is 4.53. The average Bonchev–Trinajstić information content (AvgIpc) is 2.82. The van der Waals surface area contributed by atoms with Crippen LogP contribution >= 0.6 is 11.6 Å². The van der Waals surface area contributed by atoms with Crippen molar-refractivity contribution in [1.29, 1.82) is 0 Å². The molecular weight excluding hydrogens is 253 g/mol. The lowest BCUT2D eigenvalue weighted by Crippen LogP contribution is -1.99. The first-order valence-electron chi connectivity index (χ1n) is 5.90. The lowest BCUT2D eigenvalue weighted by molar-refractivity contribution is 0.628. The molecule has 3 nitrogen and oxygen atoms in total. The molecule has 5 heteroatoms. The summed E-state index contributed by atoms with van der Waals surface area (Å²) in [6.07, 6.45) is 4.60. The Morgan fingerprint density at radius 2 is 2.17 bits per heavy atom. The number of hydrogen-bond donors (Lipinski definition) is 2. The van der Waals surface area contributed by atoms with Crippen LogP contribution in [0.4, 0.5) is 4.39 Å². The van der Waals surface area contributed by atoms with Gasteiger partial charge in [-0.1, -0.05) is 11.6 Å². The summed E-state index contributed by atoms with van der Waals surface area (Å²) in [6, 6.07) is 4.62. The zero-order valence-corrected chi connectivity index (χ0v) is 10.7. The summed E-state index contributed by atoms with van der Waals surface area (Å²) < 4.78 is 13.1. The van der Waals surface area contributed by atoms with Crippen LogP contribution in [0.3, 0.4) is 0 Å². The van der Waals surface area contributed by atoms with E-state index in [1.165, 1.54) is 6.07 Å². The second-order valence-electron chi connectivity index (χ2n) is 4.12. The lowest BCUT2D eigenvalue weighted by atomic mass is 10.2. The average molecular weight is 268 g/mol. The van der Waals surface area contributed by atoms with E-state index in [2.05, 4.69) is 9.97 Å². The summed E-state index contributed by atoms with van der Waals surface area (Å²) in [5.74, 6) is 0.502. The monoisotopic (exact) mass is 267 g/mol. The van der Waals surface area contributed by atoms with E-state index in [9.17, 15) is 4.39 Å². The molecule has 2 aromatic rings. The molecule has 2 rings (SSSR count). The maximum absolute atomic E-state index is 13.1. The van der Waals surface area contributed by atoms with Crippen molar-refractivity contribution in [3.63, 3.8) is 0 Å². The third-order valence-electron chi connectivity index (χ3n) is 2.73. The van der Waals surface area contributed by atoms with Gasteiger partial charge < -0.3 is 10.7 Å². The Labute approximate surface area is 110 Å². The molecule has 18 heavy (non-hydrogen) atoms. The fourth-order valence-electron chi connectivity index (χ4n) is 1.74. The fraction of sp³-hybridized carbons (Fsp3) is 0.308. The highest BCUT2D eigenvalue weighted by Gasteiger charge is 2.06. The highest BCUT2D eigenvalue weighted by Crippen LogP contribution is 2.23. The van der Waals surface area contributed by atoms with Gasteiger partial charge in [-0.2, -0.15) is 0 Å². The number of halogens is 2. The Hall–Kier alpha value is -1.39. The number of benzene rings is 1. The molecule has 0 spiro atoms. The van der Waals surface area contributed by atoms with E-state index in [4.69, 9.17) is 17.3 Å². The van der Waals surface area contributed by atoms with Crippen molar-refractivity contribution in [3.05, 3.63) is 41.1 Å². The van der Waals surface area contributed by atoms with E-state index in [1.54, 1.807) is 18.3 Å². The topological polar surface area (TPSA) is 54.7 Å². The number of nitrogens with two attached hydrogens (primary N) is 1. The minimum atomic E-state index is -0.414. The van der Waals surface area contributed by atoms with E-state index in [0.29, 0.717) is 6.54 Å². The largest absolute Gasteiger partial charge is 0.342 e. The van der Waals surface area contributed by atoms with E-state index >= 15 is 0 Å². The molecule has 0 atom stereocenters. The zero-order valence-electron chi connectivity index (χ0n) is 9.92. The summed E-state index contributed by atoms with van der Waals surface area (Å²) in [5.41, 5.74) is 7.12. The van der Waals surface area contributed by atoms with Crippen molar-refractivity contribution in [2.24, 2.45) is 5.73 Å². The predicted octanol–water partition coefficient (Wildman–Crippen LogP) is 3.15. The number of H-pyrrole nitrogens is 1. The first-order valence-corrected chi connectivity index (χ1v) is 6.28. The van der Waals surface area contributed by atoms with Crippen LogP contribution in [0, 0.1) is 5.82 Å². The summed E-state index contributed by atoms with van der Waals surface area (Å²) >= 11 is 5.75. The molecule has 0 aliphatic rings. The first-order chi connectivity index (χ1) is 8.70. The number of hydrogen-bond acceptors (Lipinski definition) is 2.